The van der Waals surface area contributed by atoms with Crippen LogP contribution >= 0.6 is 23.2 Å². The van der Waals surface area contributed by atoms with Crippen molar-refractivity contribution in [3.63, 3.8) is 0 Å². The van der Waals surface area contributed by atoms with E-state index < -0.39 is 4.92 Å². The first kappa shape index (κ1) is 12.9. The summed E-state index contributed by atoms with van der Waals surface area (Å²) >= 11 is 12.1. The largest absolute Gasteiger partial charge is 0.392 e. The van der Waals surface area contributed by atoms with Crippen LogP contribution in [0, 0.1) is 17.0 Å². The van der Waals surface area contributed by atoms with E-state index in [1.54, 1.807) is 31.3 Å². The van der Waals surface area contributed by atoms with Crippen LogP contribution < -0.4 is 0 Å². The summed E-state index contributed by atoms with van der Waals surface area (Å²) < 4.78 is 1.46. The number of hydrogen-bond donors (Lipinski definition) is 0. The molecule has 0 aliphatic heterocycles. The van der Waals surface area contributed by atoms with E-state index >= 15 is 0 Å². The molecule has 94 valence electrons. The average Bonchev–Trinajstić information content (AvgIpc) is 2.65. The van der Waals surface area contributed by atoms with Gasteiger partial charge in [-0.15, -0.1) is 0 Å². The van der Waals surface area contributed by atoms with Crippen molar-refractivity contribution in [2.24, 2.45) is 0 Å². The van der Waals surface area contributed by atoms with Crippen LogP contribution in [0.5, 0.6) is 0 Å². The zero-order chi connectivity index (χ0) is 13.3. The van der Waals surface area contributed by atoms with Crippen molar-refractivity contribution in [1.82, 2.24) is 9.78 Å². The predicted molar refractivity (Wildman–Crippen MR) is 69.2 cm³/mol. The Morgan fingerprint density at radius 1 is 1.39 bits per heavy atom. The van der Waals surface area contributed by atoms with E-state index in [1.165, 1.54) is 4.68 Å². The highest BCUT2D eigenvalue weighted by molar-refractivity contribution is 6.35. The molecule has 0 aliphatic carbocycles. The summed E-state index contributed by atoms with van der Waals surface area (Å²) in [6, 6.07) is 5.17. The van der Waals surface area contributed by atoms with Crippen LogP contribution in [-0.2, 0) is 6.54 Å². The first-order valence-corrected chi connectivity index (χ1v) is 5.86. The fourth-order valence-electron chi connectivity index (χ4n) is 1.62. The quantitative estimate of drug-likeness (QED) is 0.641. The Bertz CT molecular complexity index is 590. The highest BCUT2D eigenvalue weighted by atomic mass is 35.5. The number of benzene rings is 1. The van der Waals surface area contributed by atoms with Crippen molar-refractivity contribution < 1.29 is 4.92 Å². The third-order valence-corrected chi connectivity index (χ3v) is 3.18. The molecule has 1 heterocycles. The third-order valence-electron chi connectivity index (χ3n) is 2.47. The molecule has 0 atom stereocenters. The lowest BCUT2D eigenvalue weighted by Gasteiger charge is -2.04. The second-order valence-electron chi connectivity index (χ2n) is 3.79. The molecule has 0 N–H and O–H groups in total. The van der Waals surface area contributed by atoms with Gasteiger partial charge in [-0.2, -0.15) is 4.68 Å². The Morgan fingerprint density at radius 2 is 2.00 bits per heavy atom. The first-order valence-electron chi connectivity index (χ1n) is 5.10. The summed E-state index contributed by atoms with van der Waals surface area (Å²) in [5.41, 5.74) is 1.20. The van der Waals surface area contributed by atoms with Gasteiger partial charge in [-0.05, 0) is 24.0 Å². The van der Waals surface area contributed by atoms with Crippen molar-refractivity contribution in [3.8, 4) is 0 Å². The van der Waals surface area contributed by atoms with Crippen LogP contribution in [0.4, 0.5) is 5.82 Å². The van der Waals surface area contributed by atoms with Gasteiger partial charge in [0.05, 0.1) is 23.4 Å². The van der Waals surface area contributed by atoms with E-state index in [0.717, 1.165) is 0 Å². The molecule has 0 aliphatic rings. The summed E-state index contributed by atoms with van der Waals surface area (Å²) in [5, 5.41) is 15.6. The van der Waals surface area contributed by atoms with Crippen LogP contribution in [0.3, 0.4) is 0 Å². The molecule has 0 unspecified atom stereocenters. The van der Waals surface area contributed by atoms with Crippen molar-refractivity contribution >= 4 is 29.0 Å². The maximum Gasteiger partial charge on any atom is 0.392 e. The lowest BCUT2D eigenvalue weighted by Crippen LogP contribution is -2.02. The number of aromatic nitrogens is 2. The molecule has 0 amide bonds. The fraction of sp³-hybridized carbons (Fsp3) is 0.182. The van der Waals surface area contributed by atoms with Crippen molar-refractivity contribution in [1.29, 1.82) is 0 Å². The molecule has 0 bridgehead atoms. The van der Waals surface area contributed by atoms with Gasteiger partial charge in [0.1, 0.15) is 0 Å². The zero-order valence-electron chi connectivity index (χ0n) is 9.43. The van der Waals surface area contributed by atoms with E-state index in [-0.39, 0.29) is 5.82 Å². The average molecular weight is 286 g/mol. The molecule has 0 fully saturated rings. The number of rotatable bonds is 3. The second-order valence-corrected chi connectivity index (χ2v) is 4.61. The fourth-order valence-corrected chi connectivity index (χ4v) is 2.13. The van der Waals surface area contributed by atoms with Gasteiger partial charge in [0.25, 0.3) is 0 Å². The van der Waals surface area contributed by atoms with Gasteiger partial charge >= 0.3 is 5.82 Å². The van der Waals surface area contributed by atoms with Crippen LogP contribution in [-0.4, -0.2) is 14.7 Å². The Kier molecular flexibility index (Phi) is 3.54. The highest BCUT2D eigenvalue weighted by Gasteiger charge is 2.18. The zero-order valence-corrected chi connectivity index (χ0v) is 10.9. The van der Waals surface area contributed by atoms with E-state index in [1.807, 2.05) is 0 Å². The molecule has 0 saturated carbocycles. The molecule has 0 saturated heterocycles. The van der Waals surface area contributed by atoms with Gasteiger partial charge in [0, 0.05) is 15.6 Å². The third kappa shape index (κ3) is 2.47. The second kappa shape index (κ2) is 4.96. The molecular formula is C11H9Cl2N3O2. The molecule has 2 aromatic rings. The molecule has 0 radical (unpaired) electrons. The minimum absolute atomic E-state index is 0.154. The molecule has 5 nitrogen and oxygen atoms in total. The molecule has 1 aromatic carbocycles. The number of nitrogens with zero attached hydrogens (tertiary/aromatic N) is 3. The summed E-state index contributed by atoms with van der Waals surface area (Å²) in [4.78, 5) is 10.2. The smallest absolute Gasteiger partial charge is 0.358 e. The maximum absolute atomic E-state index is 10.7. The monoisotopic (exact) mass is 285 g/mol. The summed E-state index contributed by atoms with van der Waals surface area (Å²) in [7, 11) is 0. The summed E-state index contributed by atoms with van der Waals surface area (Å²) in [5.74, 6) is -0.154. The lowest BCUT2D eigenvalue weighted by atomic mass is 10.2. The standard InChI is InChI=1S/C11H9Cl2N3O2/c1-7-5-15(14-11(7)16(17)18)6-8-9(12)3-2-4-10(8)13/h2-5H,6H2,1H3. The number of nitro groups is 1. The number of hydrogen-bond acceptors (Lipinski definition) is 3. The van der Waals surface area contributed by atoms with E-state index in [2.05, 4.69) is 5.10 Å². The predicted octanol–water partition coefficient (Wildman–Crippen LogP) is 3.45. The van der Waals surface area contributed by atoms with Crippen molar-refractivity contribution in [2.75, 3.05) is 0 Å². The Hall–Kier alpha value is -1.59. The molecule has 7 heteroatoms. The SMILES string of the molecule is Cc1cn(Cc2c(Cl)cccc2Cl)nc1[N+](=O)[O-]. The van der Waals surface area contributed by atoms with Crippen molar-refractivity contribution in [2.45, 2.75) is 13.5 Å². The van der Waals surface area contributed by atoms with Crippen LogP contribution in [0.15, 0.2) is 24.4 Å². The minimum Gasteiger partial charge on any atom is -0.358 e. The maximum atomic E-state index is 10.7. The van der Waals surface area contributed by atoms with E-state index in [9.17, 15) is 10.1 Å². The summed E-state index contributed by atoms with van der Waals surface area (Å²) in [6.45, 7) is 1.93. The van der Waals surface area contributed by atoms with E-state index in [4.69, 9.17) is 23.2 Å². The topological polar surface area (TPSA) is 61.0 Å². The Morgan fingerprint density at radius 3 is 2.50 bits per heavy atom. The molecular weight excluding hydrogens is 277 g/mol. The van der Waals surface area contributed by atoms with Gasteiger partial charge in [-0.25, -0.2) is 0 Å². The molecule has 1 aromatic heterocycles. The normalized spacial score (nSPS) is 10.6. The Labute approximate surface area is 113 Å². The highest BCUT2D eigenvalue weighted by Crippen LogP contribution is 2.25. The van der Waals surface area contributed by atoms with E-state index in [0.29, 0.717) is 27.7 Å². The van der Waals surface area contributed by atoms with Crippen molar-refractivity contribution in [3.05, 3.63) is 55.7 Å². The number of halogens is 2. The van der Waals surface area contributed by atoms with Gasteiger partial charge in [0.2, 0.25) is 0 Å². The van der Waals surface area contributed by atoms with Gasteiger partial charge < -0.3 is 10.1 Å². The molecule has 0 spiro atoms. The van der Waals surface area contributed by atoms with Crippen LogP contribution in [0.25, 0.3) is 0 Å². The van der Waals surface area contributed by atoms with Crippen LogP contribution in [0.2, 0.25) is 10.0 Å². The molecule has 18 heavy (non-hydrogen) atoms. The lowest BCUT2D eigenvalue weighted by molar-refractivity contribution is -0.390. The minimum atomic E-state index is -0.514. The van der Waals surface area contributed by atoms with Gasteiger partial charge in [-0.1, -0.05) is 29.3 Å². The summed E-state index contributed by atoms with van der Waals surface area (Å²) in [6.07, 6.45) is 1.60. The van der Waals surface area contributed by atoms with Gasteiger partial charge in [-0.3, -0.25) is 0 Å². The first-order chi connectivity index (χ1) is 8.49. The Balaban J connectivity index is 2.35. The van der Waals surface area contributed by atoms with Gasteiger partial charge in [0.15, 0.2) is 0 Å². The number of aryl methyl sites for hydroxylation is 1. The molecule has 2 rings (SSSR count). The van der Waals surface area contributed by atoms with Crippen LogP contribution in [0.1, 0.15) is 11.1 Å².